The Labute approximate surface area is 172 Å². The lowest BCUT2D eigenvalue weighted by atomic mass is 10.0. The predicted molar refractivity (Wildman–Crippen MR) is 112 cm³/mol. The molecule has 0 fully saturated rings. The molecule has 6 heteroatoms. The Hall–Kier alpha value is -3.02. The average molecular weight is 396 g/mol. The molecular weight excluding hydrogens is 368 g/mol. The van der Waals surface area contributed by atoms with E-state index in [1.54, 1.807) is 14.2 Å². The fraction of sp³-hybridized carbons (Fsp3) is 0.391. The van der Waals surface area contributed by atoms with Crippen molar-refractivity contribution in [3.05, 3.63) is 59.7 Å². The number of hydrogen-bond acceptors (Lipinski definition) is 5. The zero-order chi connectivity index (χ0) is 20.8. The summed E-state index contributed by atoms with van der Waals surface area (Å²) < 4.78 is 10.7. The molecule has 0 spiro atoms. The largest absolute Gasteiger partial charge is 0.493 e. The van der Waals surface area contributed by atoms with E-state index in [2.05, 4.69) is 5.16 Å². The van der Waals surface area contributed by atoms with Gasteiger partial charge in [-0.2, -0.15) is 0 Å². The van der Waals surface area contributed by atoms with Crippen molar-refractivity contribution < 1.29 is 19.1 Å². The number of carbonyl (C=O) groups excluding carboxylic acids is 1. The molecule has 0 saturated heterocycles. The minimum absolute atomic E-state index is 0.0775. The van der Waals surface area contributed by atoms with Crippen molar-refractivity contribution in [1.29, 1.82) is 0 Å². The third kappa shape index (κ3) is 5.08. The summed E-state index contributed by atoms with van der Waals surface area (Å²) in [6.07, 6.45) is 0.455. The fourth-order valence-electron chi connectivity index (χ4n) is 3.36. The smallest absolute Gasteiger partial charge is 0.225 e. The standard InChI is InChI=1S/C23H28N2O4/c1-16(2)23(26)25(14-17-8-6-5-7-9-17)15-19-13-20(24-29-19)18-10-11-21(27-3)22(12-18)28-4/h5-12,16,19H,13-15H2,1-4H3/t19-/m0/s1. The van der Waals surface area contributed by atoms with Crippen LogP contribution in [0.5, 0.6) is 11.5 Å². The number of nitrogens with zero attached hydrogens (tertiary/aromatic N) is 2. The Kier molecular flexibility index (Phi) is 6.75. The van der Waals surface area contributed by atoms with Gasteiger partial charge in [-0.25, -0.2) is 0 Å². The lowest BCUT2D eigenvalue weighted by Crippen LogP contribution is -2.39. The van der Waals surface area contributed by atoms with E-state index < -0.39 is 0 Å². The zero-order valence-electron chi connectivity index (χ0n) is 17.4. The molecule has 3 rings (SSSR count). The first-order valence-electron chi connectivity index (χ1n) is 9.79. The van der Waals surface area contributed by atoms with Crippen LogP contribution < -0.4 is 9.47 Å². The molecule has 1 aliphatic heterocycles. The molecule has 0 saturated carbocycles. The number of methoxy groups -OCH3 is 2. The first-order chi connectivity index (χ1) is 14.0. The zero-order valence-corrected chi connectivity index (χ0v) is 17.4. The van der Waals surface area contributed by atoms with E-state index in [-0.39, 0.29) is 17.9 Å². The summed E-state index contributed by atoms with van der Waals surface area (Å²) in [5.41, 5.74) is 2.86. The predicted octanol–water partition coefficient (Wildman–Crippen LogP) is 3.88. The molecule has 0 aromatic heterocycles. The van der Waals surface area contributed by atoms with Crippen molar-refractivity contribution >= 4 is 11.6 Å². The van der Waals surface area contributed by atoms with E-state index in [4.69, 9.17) is 14.3 Å². The van der Waals surface area contributed by atoms with Gasteiger partial charge in [0.25, 0.3) is 0 Å². The van der Waals surface area contributed by atoms with Gasteiger partial charge in [-0.05, 0) is 23.8 Å². The van der Waals surface area contributed by atoms with Gasteiger partial charge in [-0.1, -0.05) is 49.3 Å². The van der Waals surface area contributed by atoms with E-state index in [1.165, 1.54) is 0 Å². The van der Waals surface area contributed by atoms with E-state index in [1.807, 2.05) is 67.3 Å². The number of amides is 1. The molecule has 154 valence electrons. The van der Waals surface area contributed by atoms with E-state index >= 15 is 0 Å². The van der Waals surface area contributed by atoms with Crippen LogP contribution in [0, 0.1) is 5.92 Å². The van der Waals surface area contributed by atoms with Gasteiger partial charge in [0.1, 0.15) is 0 Å². The van der Waals surface area contributed by atoms with Crippen LogP contribution in [0.15, 0.2) is 53.7 Å². The van der Waals surface area contributed by atoms with Crippen LogP contribution >= 0.6 is 0 Å². The van der Waals surface area contributed by atoms with Gasteiger partial charge in [0, 0.05) is 24.4 Å². The SMILES string of the molecule is COc1ccc(C2=NO[C@H](CN(Cc3ccccc3)C(=O)C(C)C)C2)cc1OC. The third-order valence-electron chi connectivity index (χ3n) is 4.90. The normalized spacial score (nSPS) is 15.6. The highest BCUT2D eigenvalue weighted by molar-refractivity contribution is 6.01. The molecule has 1 aliphatic rings. The van der Waals surface area contributed by atoms with Crippen molar-refractivity contribution in [3.8, 4) is 11.5 Å². The number of carbonyl (C=O) groups is 1. The molecule has 2 aromatic carbocycles. The van der Waals surface area contributed by atoms with Gasteiger partial charge >= 0.3 is 0 Å². The van der Waals surface area contributed by atoms with Gasteiger partial charge in [0.05, 0.1) is 26.5 Å². The topological polar surface area (TPSA) is 60.4 Å². The third-order valence-corrected chi connectivity index (χ3v) is 4.90. The first-order valence-corrected chi connectivity index (χ1v) is 9.79. The minimum Gasteiger partial charge on any atom is -0.493 e. The number of rotatable bonds is 8. The van der Waals surface area contributed by atoms with Crippen molar-refractivity contribution in [1.82, 2.24) is 4.90 Å². The number of ether oxygens (including phenoxy) is 2. The molecular formula is C23H28N2O4. The highest BCUT2D eigenvalue weighted by Crippen LogP contribution is 2.29. The van der Waals surface area contributed by atoms with Gasteiger partial charge in [0.2, 0.25) is 5.91 Å². The number of oxime groups is 1. The minimum atomic E-state index is -0.176. The summed E-state index contributed by atoms with van der Waals surface area (Å²) in [4.78, 5) is 20.3. The number of benzene rings is 2. The van der Waals surface area contributed by atoms with Crippen LogP contribution in [-0.4, -0.2) is 43.4 Å². The van der Waals surface area contributed by atoms with E-state index in [0.29, 0.717) is 31.0 Å². The molecule has 0 N–H and O–H groups in total. The summed E-state index contributed by atoms with van der Waals surface area (Å²) >= 11 is 0. The van der Waals surface area contributed by atoms with Gasteiger partial charge in [0.15, 0.2) is 17.6 Å². The molecule has 6 nitrogen and oxygen atoms in total. The lowest BCUT2D eigenvalue weighted by molar-refractivity contribution is -0.136. The van der Waals surface area contributed by atoms with Gasteiger partial charge in [-0.3, -0.25) is 4.79 Å². The summed E-state index contributed by atoms with van der Waals surface area (Å²) in [5.74, 6) is 1.35. The molecule has 0 radical (unpaired) electrons. The average Bonchev–Trinajstić information content (AvgIpc) is 3.21. The van der Waals surface area contributed by atoms with Crippen LogP contribution in [0.4, 0.5) is 0 Å². The molecule has 0 unspecified atom stereocenters. The summed E-state index contributed by atoms with van der Waals surface area (Å²) in [7, 11) is 3.22. The molecule has 0 aliphatic carbocycles. The summed E-state index contributed by atoms with van der Waals surface area (Å²) in [5, 5.41) is 4.26. The monoisotopic (exact) mass is 396 g/mol. The van der Waals surface area contributed by atoms with E-state index in [0.717, 1.165) is 16.8 Å². The second-order valence-electron chi connectivity index (χ2n) is 7.40. The van der Waals surface area contributed by atoms with Crippen molar-refractivity contribution in [2.75, 3.05) is 20.8 Å². The molecule has 1 atom stereocenters. The molecule has 1 heterocycles. The van der Waals surface area contributed by atoms with Crippen LogP contribution in [0.2, 0.25) is 0 Å². The highest BCUT2D eigenvalue weighted by atomic mass is 16.6. The summed E-state index contributed by atoms with van der Waals surface area (Å²) in [6.45, 7) is 4.89. The van der Waals surface area contributed by atoms with E-state index in [9.17, 15) is 4.79 Å². The highest BCUT2D eigenvalue weighted by Gasteiger charge is 2.28. The summed E-state index contributed by atoms with van der Waals surface area (Å²) in [6, 6.07) is 15.7. The Balaban J connectivity index is 1.69. The first kappa shape index (κ1) is 20.7. The Bertz CT molecular complexity index is 864. The van der Waals surface area contributed by atoms with Crippen LogP contribution in [0.1, 0.15) is 31.4 Å². The van der Waals surface area contributed by atoms with Crippen molar-refractivity contribution in [2.24, 2.45) is 11.1 Å². The lowest BCUT2D eigenvalue weighted by Gasteiger charge is -2.26. The van der Waals surface area contributed by atoms with Crippen molar-refractivity contribution in [3.63, 3.8) is 0 Å². The maximum absolute atomic E-state index is 12.7. The van der Waals surface area contributed by atoms with Gasteiger partial charge < -0.3 is 19.2 Å². The number of hydrogen-bond donors (Lipinski definition) is 0. The Morgan fingerprint density at radius 1 is 1.14 bits per heavy atom. The van der Waals surface area contributed by atoms with Crippen LogP contribution in [0.3, 0.4) is 0 Å². The maximum Gasteiger partial charge on any atom is 0.225 e. The second kappa shape index (κ2) is 9.45. The van der Waals surface area contributed by atoms with Crippen LogP contribution in [-0.2, 0) is 16.2 Å². The molecule has 29 heavy (non-hydrogen) atoms. The van der Waals surface area contributed by atoms with Gasteiger partial charge in [-0.15, -0.1) is 0 Å². The van der Waals surface area contributed by atoms with Crippen LogP contribution in [0.25, 0.3) is 0 Å². The molecule has 2 aromatic rings. The second-order valence-corrected chi connectivity index (χ2v) is 7.40. The van der Waals surface area contributed by atoms with Crippen molar-refractivity contribution in [2.45, 2.75) is 32.9 Å². The molecule has 1 amide bonds. The maximum atomic E-state index is 12.7. The molecule has 0 bridgehead atoms. The Morgan fingerprint density at radius 2 is 1.86 bits per heavy atom. The fourth-order valence-corrected chi connectivity index (χ4v) is 3.36. The quantitative estimate of drug-likeness (QED) is 0.679. The Morgan fingerprint density at radius 3 is 2.52 bits per heavy atom.